The van der Waals surface area contributed by atoms with Crippen LogP contribution < -0.4 is 0 Å². The first kappa shape index (κ1) is 23.7. The van der Waals surface area contributed by atoms with Crippen LogP contribution in [0.4, 0.5) is 4.79 Å². The molecule has 0 saturated carbocycles. The average molecular weight is 358 g/mol. The molecule has 148 valence electrons. The molecule has 1 N–H and O–H groups in total. The number of hydrogen-bond donors (Lipinski definition) is 1. The number of unbranched alkanes of at least 4 members (excludes halogenated alkanes) is 11. The van der Waals surface area contributed by atoms with Crippen molar-refractivity contribution in [3.8, 4) is 0 Å². The van der Waals surface area contributed by atoms with Gasteiger partial charge in [-0.25, -0.2) is 4.79 Å². The zero-order chi connectivity index (χ0) is 18.8. The summed E-state index contributed by atoms with van der Waals surface area (Å²) in [5, 5.41) is 8.71. The Kier molecular flexibility index (Phi) is 16.7. The number of rotatable bonds is 17. The smallest absolute Gasteiger partial charge is 0.407 e. The van der Waals surface area contributed by atoms with Gasteiger partial charge in [0, 0.05) is 20.0 Å². The van der Waals surface area contributed by atoms with Crippen LogP contribution >= 0.6 is 0 Å². The fourth-order valence-electron chi connectivity index (χ4n) is 2.74. The van der Waals surface area contributed by atoms with E-state index in [0.717, 1.165) is 32.1 Å². The first-order valence-electron chi connectivity index (χ1n) is 10.2. The minimum atomic E-state index is -0.907. The van der Waals surface area contributed by atoms with Crippen LogP contribution in [0.5, 0.6) is 0 Å². The first-order chi connectivity index (χ1) is 12.1. The van der Waals surface area contributed by atoms with Gasteiger partial charge in [-0.3, -0.25) is 4.79 Å². The topological polar surface area (TPSA) is 66.8 Å². The van der Waals surface area contributed by atoms with Crippen molar-refractivity contribution in [2.45, 2.75) is 96.8 Å². The van der Waals surface area contributed by atoms with Crippen molar-refractivity contribution in [2.75, 3.05) is 20.2 Å². The Balaban J connectivity index is 3.24. The molecule has 0 aromatic rings. The van der Waals surface area contributed by atoms with Gasteiger partial charge in [-0.15, -0.1) is 0 Å². The molecule has 0 aromatic heterocycles. The van der Waals surface area contributed by atoms with E-state index in [1.165, 1.54) is 56.3 Å². The Morgan fingerprint density at radius 1 is 0.800 bits per heavy atom. The van der Waals surface area contributed by atoms with Crippen LogP contribution in [0.15, 0.2) is 0 Å². The van der Waals surface area contributed by atoms with Crippen LogP contribution in [0.1, 0.15) is 96.8 Å². The summed E-state index contributed by atoms with van der Waals surface area (Å²) in [5.41, 5.74) is 0. The highest BCUT2D eigenvalue weighted by Gasteiger charge is 2.05. The standard InChI is InChI=1S/C20H39NO4/c1-3-4-5-6-7-8-9-10-11-15-18-25-19(22)16-13-12-14-17-21(2)20(23)24/h3-18H2,1-2H3,(H,23,24). The summed E-state index contributed by atoms with van der Waals surface area (Å²) in [6.45, 7) is 3.30. The van der Waals surface area contributed by atoms with Gasteiger partial charge >= 0.3 is 12.1 Å². The van der Waals surface area contributed by atoms with Crippen molar-refractivity contribution in [3.63, 3.8) is 0 Å². The molecule has 5 heteroatoms. The number of carboxylic acid groups (broad SMARTS) is 1. The summed E-state index contributed by atoms with van der Waals surface area (Å²) in [6, 6.07) is 0. The molecule has 0 unspecified atom stereocenters. The van der Waals surface area contributed by atoms with E-state index in [4.69, 9.17) is 9.84 Å². The number of carbonyl (C=O) groups is 2. The molecular formula is C20H39NO4. The second-order valence-electron chi connectivity index (χ2n) is 6.92. The molecule has 0 fully saturated rings. The van der Waals surface area contributed by atoms with Gasteiger partial charge in [0.1, 0.15) is 0 Å². The van der Waals surface area contributed by atoms with Crippen LogP contribution in [0.3, 0.4) is 0 Å². The molecule has 0 spiro atoms. The molecule has 0 aromatic carbocycles. The molecule has 0 rings (SSSR count). The van der Waals surface area contributed by atoms with E-state index in [0.29, 0.717) is 19.6 Å². The fourth-order valence-corrected chi connectivity index (χ4v) is 2.74. The van der Waals surface area contributed by atoms with Crippen molar-refractivity contribution in [3.05, 3.63) is 0 Å². The summed E-state index contributed by atoms with van der Waals surface area (Å²) >= 11 is 0. The third-order valence-electron chi connectivity index (χ3n) is 4.46. The first-order valence-corrected chi connectivity index (χ1v) is 10.2. The Labute approximate surface area is 154 Å². The molecule has 25 heavy (non-hydrogen) atoms. The highest BCUT2D eigenvalue weighted by atomic mass is 16.5. The summed E-state index contributed by atoms with van der Waals surface area (Å²) in [7, 11) is 1.56. The zero-order valence-electron chi connectivity index (χ0n) is 16.4. The number of amides is 1. The summed E-state index contributed by atoms with van der Waals surface area (Å²) < 4.78 is 5.24. The maximum Gasteiger partial charge on any atom is 0.407 e. The molecule has 0 heterocycles. The molecule has 0 atom stereocenters. The lowest BCUT2D eigenvalue weighted by atomic mass is 10.1. The number of hydrogen-bond acceptors (Lipinski definition) is 3. The number of nitrogens with zero attached hydrogens (tertiary/aromatic N) is 1. The normalized spacial score (nSPS) is 10.6. The van der Waals surface area contributed by atoms with E-state index in [2.05, 4.69) is 6.92 Å². The predicted molar refractivity (Wildman–Crippen MR) is 102 cm³/mol. The Morgan fingerprint density at radius 2 is 1.32 bits per heavy atom. The van der Waals surface area contributed by atoms with Gasteiger partial charge in [-0.05, 0) is 19.3 Å². The second kappa shape index (κ2) is 17.6. The van der Waals surface area contributed by atoms with Crippen molar-refractivity contribution in [2.24, 2.45) is 0 Å². The number of ether oxygens (including phenoxy) is 1. The van der Waals surface area contributed by atoms with Gasteiger partial charge in [0.05, 0.1) is 6.61 Å². The molecule has 0 saturated heterocycles. The quantitative estimate of drug-likeness (QED) is 0.271. The van der Waals surface area contributed by atoms with E-state index in [-0.39, 0.29) is 5.97 Å². The third-order valence-corrected chi connectivity index (χ3v) is 4.46. The molecule has 0 radical (unpaired) electrons. The molecule has 0 aliphatic heterocycles. The van der Waals surface area contributed by atoms with Gasteiger partial charge in [0.15, 0.2) is 0 Å². The van der Waals surface area contributed by atoms with Crippen molar-refractivity contribution in [1.29, 1.82) is 0 Å². The number of esters is 1. The Hall–Kier alpha value is -1.26. The van der Waals surface area contributed by atoms with E-state index < -0.39 is 6.09 Å². The lowest BCUT2D eigenvalue weighted by Crippen LogP contribution is -2.25. The van der Waals surface area contributed by atoms with Crippen LogP contribution in [0.25, 0.3) is 0 Å². The molecular weight excluding hydrogens is 318 g/mol. The molecule has 1 amide bonds. The van der Waals surface area contributed by atoms with Gasteiger partial charge in [-0.1, -0.05) is 71.1 Å². The fraction of sp³-hybridized carbons (Fsp3) is 0.900. The van der Waals surface area contributed by atoms with E-state index >= 15 is 0 Å². The van der Waals surface area contributed by atoms with Crippen LogP contribution in [0, 0.1) is 0 Å². The molecule has 0 aliphatic rings. The second-order valence-corrected chi connectivity index (χ2v) is 6.92. The largest absolute Gasteiger partial charge is 0.466 e. The Morgan fingerprint density at radius 3 is 1.88 bits per heavy atom. The minimum absolute atomic E-state index is 0.123. The monoisotopic (exact) mass is 357 g/mol. The maximum atomic E-state index is 11.6. The average Bonchev–Trinajstić information content (AvgIpc) is 2.59. The van der Waals surface area contributed by atoms with Gasteiger partial charge < -0.3 is 14.7 Å². The lowest BCUT2D eigenvalue weighted by Gasteiger charge is -2.11. The van der Waals surface area contributed by atoms with Crippen molar-refractivity contribution in [1.82, 2.24) is 4.90 Å². The van der Waals surface area contributed by atoms with Gasteiger partial charge in [0.25, 0.3) is 0 Å². The van der Waals surface area contributed by atoms with E-state index in [1.54, 1.807) is 7.05 Å². The van der Waals surface area contributed by atoms with Crippen LogP contribution in [0.2, 0.25) is 0 Å². The Bertz CT molecular complexity index is 334. The van der Waals surface area contributed by atoms with Crippen molar-refractivity contribution < 1.29 is 19.4 Å². The highest BCUT2D eigenvalue weighted by molar-refractivity contribution is 5.69. The number of carbonyl (C=O) groups excluding carboxylic acids is 1. The SMILES string of the molecule is CCCCCCCCCCCCOC(=O)CCCCCN(C)C(=O)O. The van der Waals surface area contributed by atoms with Gasteiger partial charge in [0.2, 0.25) is 0 Å². The summed E-state index contributed by atoms with van der Waals surface area (Å²) in [4.78, 5) is 23.5. The lowest BCUT2D eigenvalue weighted by molar-refractivity contribution is -0.143. The molecule has 5 nitrogen and oxygen atoms in total. The van der Waals surface area contributed by atoms with Crippen LogP contribution in [-0.4, -0.2) is 42.3 Å². The summed E-state index contributed by atoms with van der Waals surface area (Å²) in [6.07, 6.45) is 14.7. The molecule has 0 bridgehead atoms. The minimum Gasteiger partial charge on any atom is -0.466 e. The zero-order valence-corrected chi connectivity index (χ0v) is 16.4. The maximum absolute atomic E-state index is 11.6. The molecule has 0 aliphatic carbocycles. The summed E-state index contributed by atoms with van der Waals surface area (Å²) in [5.74, 6) is -0.123. The van der Waals surface area contributed by atoms with Gasteiger partial charge in [-0.2, -0.15) is 0 Å². The van der Waals surface area contributed by atoms with E-state index in [9.17, 15) is 9.59 Å². The third kappa shape index (κ3) is 17.4. The highest BCUT2D eigenvalue weighted by Crippen LogP contribution is 2.10. The van der Waals surface area contributed by atoms with Crippen molar-refractivity contribution >= 4 is 12.1 Å². The van der Waals surface area contributed by atoms with Crippen LogP contribution in [-0.2, 0) is 9.53 Å². The predicted octanol–water partition coefficient (Wildman–Crippen LogP) is 5.62. The van der Waals surface area contributed by atoms with E-state index in [1.807, 2.05) is 0 Å².